The molecular weight excluding hydrogens is 288 g/mol. The van der Waals surface area contributed by atoms with E-state index in [0.29, 0.717) is 23.3 Å². The number of aliphatic hydroxyl groups excluding tert-OH is 1. The van der Waals surface area contributed by atoms with Gasteiger partial charge in [0, 0.05) is 17.7 Å². The number of anilines is 1. The van der Waals surface area contributed by atoms with Crippen LogP contribution in [-0.4, -0.2) is 17.1 Å². The number of nitrogens with one attached hydrogen (secondary N) is 1. The number of fused-ring (bicyclic) bond motifs is 1. The minimum absolute atomic E-state index is 0.0936. The monoisotopic (exact) mass is 304 g/mol. The molecule has 1 amide bonds. The lowest BCUT2D eigenvalue weighted by Crippen LogP contribution is -2.31. The lowest BCUT2D eigenvalue weighted by atomic mass is 9.92. The third-order valence-electron chi connectivity index (χ3n) is 3.63. The minimum Gasteiger partial charge on any atom is -0.399 e. The van der Waals surface area contributed by atoms with E-state index in [0.717, 1.165) is 5.56 Å². The summed E-state index contributed by atoms with van der Waals surface area (Å²) >= 11 is 0. The molecule has 3 rings (SSSR count). The highest BCUT2D eigenvalue weighted by Gasteiger charge is 2.27. The van der Waals surface area contributed by atoms with Crippen molar-refractivity contribution < 1.29 is 9.90 Å². The fourth-order valence-corrected chi connectivity index (χ4v) is 2.47. The van der Waals surface area contributed by atoms with Crippen LogP contribution in [0.5, 0.6) is 0 Å². The molecule has 1 aromatic rings. The van der Waals surface area contributed by atoms with Crippen LogP contribution in [0.2, 0.25) is 0 Å². The number of allylic oxidation sites excluding steroid dienone is 3. The van der Waals surface area contributed by atoms with Crippen LogP contribution in [0, 0.1) is 18.8 Å². The molecule has 2 aliphatic rings. The van der Waals surface area contributed by atoms with Crippen LogP contribution in [0.25, 0.3) is 0 Å². The van der Waals surface area contributed by atoms with Crippen molar-refractivity contribution >= 4 is 11.6 Å². The first-order chi connectivity index (χ1) is 11.1. The first kappa shape index (κ1) is 14.9. The molecule has 114 valence electrons. The fraction of sp³-hybridized carbons (Fsp3) is 0.158. The molecule has 0 bridgehead atoms. The van der Waals surface area contributed by atoms with Gasteiger partial charge in [-0.05, 0) is 30.7 Å². The van der Waals surface area contributed by atoms with Gasteiger partial charge >= 0.3 is 0 Å². The number of carbonyl (C=O) groups is 1. The molecule has 0 aliphatic heterocycles. The molecule has 0 radical (unpaired) electrons. The van der Waals surface area contributed by atoms with Gasteiger partial charge in [-0.3, -0.25) is 4.79 Å². The van der Waals surface area contributed by atoms with E-state index < -0.39 is 12.0 Å². The number of benzene rings is 1. The van der Waals surface area contributed by atoms with Gasteiger partial charge in [0.05, 0.1) is 16.8 Å². The van der Waals surface area contributed by atoms with Gasteiger partial charge in [-0.2, -0.15) is 0 Å². The molecule has 0 fully saturated rings. The number of aliphatic hydroxyl groups is 1. The number of rotatable bonds is 2. The van der Waals surface area contributed by atoms with Crippen LogP contribution in [0.15, 0.2) is 64.6 Å². The highest BCUT2D eigenvalue weighted by Crippen LogP contribution is 2.25. The van der Waals surface area contributed by atoms with E-state index >= 15 is 0 Å². The smallest absolute Gasteiger partial charge is 0.262 e. The second kappa shape index (κ2) is 6.02. The number of hydrogen-bond donors (Lipinski definition) is 3. The van der Waals surface area contributed by atoms with Gasteiger partial charge in [-0.25, -0.2) is 0 Å². The van der Waals surface area contributed by atoms with Crippen molar-refractivity contribution in [3.05, 3.63) is 70.1 Å². The summed E-state index contributed by atoms with van der Waals surface area (Å²) < 4.78 is 0. The molecule has 0 aromatic heterocycles. The van der Waals surface area contributed by atoms with E-state index in [9.17, 15) is 9.90 Å². The lowest BCUT2D eigenvalue weighted by molar-refractivity contribution is -0.113. The standard InChI is InChI=1S/C19H16N2O2/c1-12-6-5-8-14(10-12)21-19(23)16-11-13-7-3-2-4-9-15(13)17(20)18(16)22/h3,5-8,10,18,22H,2,20H2,1H3,(H,21,23). The lowest BCUT2D eigenvalue weighted by Gasteiger charge is -2.19. The topological polar surface area (TPSA) is 75.4 Å². The Morgan fingerprint density at radius 3 is 3.04 bits per heavy atom. The van der Waals surface area contributed by atoms with Crippen LogP contribution < -0.4 is 11.1 Å². The number of aryl methyl sites for hydroxylation is 1. The van der Waals surface area contributed by atoms with E-state index in [2.05, 4.69) is 22.9 Å². The van der Waals surface area contributed by atoms with Crippen molar-refractivity contribution in [3.8, 4) is 11.8 Å². The molecule has 1 aromatic carbocycles. The third-order valence-corrected chi connectivity index (χ3v) is 3.63. The zero-order valence-electron chi connectivity index (χ0n) is 12.7. The van der Waals surface area contributed by atoms with Gasteiger partial charge in [0.15, 0.2) is 0 Å². The van der Waals surface area contributed by atoms with Crippen molar-refractivity contribution in [3.63, 3.8) is 0 Å². The van der Waals surface area contributed by atoms with Gasteiger partial charge < -0.3 is 16.2 Å². The van der Waals surface area contributed by atoms with Crippen LogP contribution in [0.4, 0.5) is 5.69 Å². The molecule has 2 aliphatic carbocycles. The molecule has 23 heavy (non-hydrogen) atoms. The molecular formula is C19H16N2O2. The summed E-state index contributed by atoms with van der Waals surface area (Å²) in [5.74, 6) is 5.42. The molecule has 0 saturated heterocycles. The summed E-state index contributed by atoms with van der Waals surface area (Å²) in [5.41, 5.74) is 12.1. The van der Waals surface area contributed by atoms with Crippen LogP contribution >= 0.6 is 0 Å². The average Bonchev–Trinajstić information content (AvgIpc) is 2.76. The Bertz CT molecular complexity index is 872. The van der Waals surface area contributed by atoms with E-state index in [-0.39, 0.29) is 11.3 Å². The second-order valence-electron chi connectivity index (χ2n) is 5.42. The largest absolute Gasteiger partial charge is 0.399 e. The first-order valence-corrected chi connectivity index (χ1v) is 7.28. The summed E-state index contributed by atoms with van der Waals surface area (Å²) in [6, 6.07) is 7.43. The summed E-state index contributed by atoms with van der Waals surface area (Å²) in [6.45, 7) is 1.94. The summed E-state index contributed by atoms with van der Waals surface area (Å²) in [4.78, 5) is 12.5. The summed E-state index contributed by atoms with van der Waals surface area (Å²) in [6.07, 6.45) is 3.08. The Morgan fingerprint density at radius 1 is 1.43 bits per heavy atom. The van der Waals surface area contributed by atoms with Crippen molar-refractivity contribution in [2.24, 2.45) is 5.73 Å². The first-order valence-electron chi connectivity index (χ1n) is 7.28. The van der Waals surface area contributed by atoms with Crippen molar-refractivity contribution in [2.45, 2.75) is 19.4 Å². The van der Waals surface area contributed by atoms with Crippen LogP contribution in [0.1, 0.15) is 12.0 Å². The predicted molar refractivity (Wildman–Crippen MR) is 89.1 cm³/mol. The van der Waals surface area contributed by atoms with Gasteiger partial charge in [-0.15, -0.1) is 0 Å². The molecule has 1 atom stereocenters. The highest BCUT2D eigenvalue weighted by molar-refractivity contribution is 6.05. The number of amides is 1. The summed E-state index contributed by atoms with van der Waals surface area (Å²) in [7, 11) is 0. The zero-order valence-corrected chi connectivity index (χ0v) is 12.7. The van der Waals surface area contributed by atoms with Crippen molar-refractivity contribution in [1.82, 2.24) is 0 Å². The highest BCUT2D eigenvalue weighted by atomic mass is 16.3. The fourth-order valence-electron chi connectivity index (χ4n) is 2.47. The van der Waals surface area contributed by atoms with Crippen molar-refractivity contribution in [1.29, 1.82) is 0 Å². The van der Waals surface area contributed by atoms with Gasteiger partial charge in [0.1, 0.15) is 6.10 Å². The van der Waals surface area contributed by atoms with Crippen molar-refractivity contribution in [2.75, 3.05) is 5.32 Å². The Labute approximate surface area is 134 Å². The second-order valence-corrected chi connectivity index (χ2v) is 5.42. The SMILES string of the molecule is Cc1cccc(NC(=O)C2=C=C3C=CCC#CC3=C(N)C2O)c1. The number of carbonyl (C=O) groups excluding carboxylic acids is 1. The Balaban J connectivity index is 1.98. The number of nitrogens with two attached hydrogens (primary N) is 1. The van der Waals surface area contributed by atoms with E-state index in [1.807, 2.05) is 31.2 Å². The maximum Gasteiger partial charge on any atom is 0.262 e. The van der Waals surface area contributed by atoms with E-state index in [1.54, 1.807) is 12.1 Å². The maximum absolute atomic E-state index is 12.5. The van der Waals surface area contributed by atoms with Gasteiger partial charge in [-0.1, -0.05) is 35.8 Å². The Hall–Kier alpha value is -2.99. The van der Waals surface area contributed by atoms with Crippen LogP contribution in [-0.2, 0) is 4.79 Å². The molecule has 4 heteroatoms. The maximum atomic E-state index is 12.5. The third kappa shape index (κ3) is 2.97. The molecule has 4 nitrogen and oxygen atoms in total. The van der Waals surface area contributed by atoms with E-state index in [1.165, 1.54) is 0 Å². The van der Waals surface area contributed by atoms with Crippen LogP contribution in [0.3, 0.4) is 0 Å². The minimum atomic E-state index is -1.21. The molecule has 0 saturated carbocycles. The normalized spacial score (nSPS) is 19.0. The van der Waals surface area contributed by atoms with Gasteiger partial charge in [0.2, 0.25) is 0 Å². The van der Waals surface area contributed by atoms with E-state index in [4.69, 9.17) is 5.73 Å². The molecule has 0 spiro atoms. The Morgan fingerprint density at radius 2 is 2.26 bits per heavy atom. The average molecular weight is 304 g/mol. The summed E-state index contributed by atoms with van der Waals surface area (Å²) in [5, 5.41) is 13.1. The Kier molecular flexibility index (Phi) is 3.91. The van der Waals surface area contributed by atoms with Gasteiger partial charge in [0.25, 0.3) is 5.91 Å². The predicted octanol–water partition coefficient (Wildman–Crippen LogP) is 1.94. The number of hydrogen-bond acceptors (Lipinski definition) is 3. The molecule has 4 N–H and O–H groups in total. The molecule has 1 unspecified atom stereocenters. The molecule has 0 heterocycles. The zero-order chi connectivity index (χ0) is 16.4. The quantitative estimate of drug-likeness (QED) is 0.577.